The number of rotatable bonds is 1. The third kappa shape index (κ3) is 0.638. The first-order valence-corrected chi connectivity index (χ1v) is 3.72. The Bertz CT molecular complexity index is 190. The predicted octanol–water partition coefficient (Wildman–Crippen LogP) is 1.90. The third-order valence-electron chi connectivity index (χ3n) is 2.46. The lowest BCUT2D eigenvalue weighted by atomic mass is 10.1. The third-order valence-corrected chi connectivity index (χ3v) is 3.90. The van der Waals surface area contributed by atoms with Crippen molar-refractivity contribution >= 4 is 29.2 Å². The molecule has 0 heterocycles. The molecule has 1 N–H and O–H groups in total. The zero-order valence-corrected chi connectivity index (χ0v) is 7.20. The lowest BCUT2D eigenvalue weighted by molar-refractivity contribution is -0.143. The second kappa shape index (κ2) is 1.80. The normalized spacial score (nSPS) is 43.0. The first-order chi connectivity index (χ1) is 4.35. The molecule has 1 saturated carbocycles. The number of carboxylic acids is 1. The molecule has 0 aromatic rings. The van der Waals surface area contributed by atoms with E-state index in [-0.39, 0.29) is 5.92 Å². The summed E-state index contributed by atoms with van der Waals surface area (Å²) in [5.41, 5.74) is -0.948. The van der Waals surface area contributed by atoms with E-state index in [0.717, 1.165) is 0 Å². The number of hydrogen-bond acceptors (Lipinski definition) is 1. The second-order valence-electron chi connectivity index (χ2n) is 2.85. The van der Waals surface area contributed by atoms with Crippen LogP contribution in [0.2, 0.25) is 0 Å². The quantitative estimate of drug-likeness (QED) is 0.630. The minimum Gasteiger partial charge on any atom is -0.481 e. The van der Waals surface area contributed by atoms with Crippen LogP contribution in [0, 0.1) is 11.3 Å². The van der Waals surface area contributed by atoms with Crippen LogP contribution in [0.4, 0.5) is 0 Å². The van der Waals surface area contributed by atoms with Gasteiger partial charge in [0.1, 0.15) is 9.75 Å². The average molecular weight is 183 g/mol. The Morgan fingerprint density at radius 1 is 1.60 bits per heavy atom. The highest BCUT2D eigenvalue weighted by molar-refractivity contribution is 6.53. The maximum absolute atomic E-state index is 10.5. The first kappa shape index (κ1) is 8.15. The standard InChI is InChI=1S/C6H8Cl2O2/c1-3-5(2,4(9)10)6(3,7)8/h3H,1-2H3,(H,9,10). The zero-order chi connectivity index (χ0) is 8.15. The molecule has 0 saturated heterocycles. The van der Waals surface area contributed by atoms with E-state index >= 15 is 0 Å². The lowest BCUT2D eigenvalue weighted by Crippen LogP contribution is -2.17. The SMILES string of the molecule is CC1C(Cl)(Cl)C1(C)C(=O)O. The van der Waals surface area contributed by atoms with Gasteiger partial charge < -0.3 is 5.11 Å². The maximum atomic E-state index is 10.5. The molecule has 2 atom stereocenters. The Morgan fingerprint density at radius 3 is 1.90 bits per heavy atom. The van der Waals surface area contributed by atoms with Gasteiger partial charge in [0.15, 0.2) is 0 Å². The van der Waals surface area contributed by atoms with Crippen molar-refractivity contribution < 1.29 is 9.90 Å². The summed E-state index contributed by atoms with van der Waals surface area (Å²) in [5, 5.41) is 8.65. The van der Waals surface area contributed by atoms with Crippen LogP contribution in [-0.2, 0) is 4.79 Å². The molecule has 4 heteroatoms. The first-order valence-electron chi connectivity index (χ1n) is 2.96. The van der Waals surface area contributed by atoms with Gasteiger partial charge in [0.25, 0.3) is 0 Å². The molecule has 1 aliphatic rings. The smallest absolute Gasteiger partial charge is 0.312 e. The molecule has 0 amide bonds. The molecule has 1 aliphatic carbocycles. The molecule has 0 radical (unpaired) electrons. The fourth-order valence-electron chi connectivity index (χ4n) is 1.06. The van der Waals surface area contributed by atoms with Crippen molar-refractivity contribution in [2.45, 2.75) is 18.2 Å². The Hall–Kier alpha value is 0.0500. The summed E-state index contributed by atoms with van der Waals surface area (Å²) in [5.74, 6) is -1.09. The van der Waals surface area contributed by atoms with Gasteiger partial charge in [-0.15, -0.1) is 23.2 Å². The number of carbonyl (C=O) groups is 1. The summed E-state index contributed by atoms with van der Waals surface area (Å²) < 4.78 is -1.07. The fourth-order valence-corrected chi connectivity index (χ4v) is 1.88. The van der Waals surface area contributed by atoms with Gasteiger partial charge in [0, 0.05) is 5.92 Å². The highest BCUT2D eigenvalue weighted by Crippen LogP contribution is 2.68. The van der Waals surface area contributed by atoms with Gasteiger partial charge in [-0.2, -0.15) is 0 Å². The monoisotopic (exact) mass is 182 g/mol. The van der Waals surface area contributed by atoms with Crippen molar-refractivity contribution in [1.29, 1.82) is 0 Å². The van der Waals surface area contributed by atoms with Crippen LogP contribution < -0.4 is 0 Å². The number of carboxylic acid groups (broad SMARTS) is 1. The number of aliphatic carboxylic acids is 1. The van der Waals surface area contributed by atoms with Gasteiger partial charge >= 0.3 is 5.97 Å². The van der Waals surface area contributed by atoms with E-state index in [1.54, 1.807) is 13.8 Å². The summed E-state index contributed by atoms with van der Waals surface area (Å²) in [7, 11) is 0. The zero-order valence-electron chi connectivity index (χ0n) is 5.69. The van der Waals surface area contributed by atoms with Crippen molar-refractivity contribution in [2.24, 2.45) is 11.3 Å². The number of halogens is 2. The Balaban J connectivity index is 2.88. The lowest BCUT2D eigenvalue weighted by Gasteiger charge is -2.02. The summed E-state index contributed by atoms with van der Waals surface area (Å²) in [6.45, 7) is 3.29. The summed E-state index contributed by atoms with van der Waals surface area (Å²) in [6, 6.07) is 0. The van der Waals surface area contributed by atoms with Gasteiger partial charge in [0.05, 0.1) is 0 Å². The van der Waals surface area contributed by atoms with Crippen LogP contribution >= 0.6 is 23.2 Å². The molecule has 1 rings (SSSR count). The largest absolute Gasteiger partial charge is 0.481 e. The van der Waals surface area contributed by atoms with Gasteiger partial charge in [0.2, 0.25) is 0 Å². The highest BCUT2D eigenvalue weighted by atomic mass is 35.5. The Kier molecular flexibility index (Phi) is 1.47. The molecular formula is C6H8Cl2O2. The van der Waals surface area contributed by atoms with Gasteiger partial charge in [-0.1, -0.05) is 6.92 Å². The van der Waals surface area contributed by atoms with E-state index in [1.165, 1.54) is 0 Å². The fraction of sp³-hybridized carbons (Fsp3) is 0.833. The van der Waals surface area contributed by atoms with Crippen LogP contribution in [0.3, 0.4) is 0 Å². The van der Waals surface area contributed by atoms with E-state index in [2.05, 4.69) is 0 Å². The van der Waals surface area contributed by atoms with Crippen LogP contribution in [0.25, 0.3) is 0 Å². The summed E-state index contributed by atoms with van der Waals surface area (Å²) in [4.78, 5) is 10.5. The number of hydrogen-bond donors (Lipinski definition) is 1. The summed E-state index contributed by atoms with van der Waals surface area (Å²) in [6.07, 6.45) is 0. The molecule has 2 unspecified atom stereocenters. The van der Waals surface area contributed by atoms with E-state index in [0.29, 0.717) is 0 Å². The molecule has 0 aliphatic heterocycles. The predicted molar refractivity (Wildman–Crippen MR) is 39.3 cm³/mol. The minimum absolute atomic E-state index is 0.166. The topological polar surface area (TPSA) is 37.3 Å². The minimum atomic E-state index is -1.07. The maximum Gasteiger partial charge on any atom is 0.312 e. The van der Waals surface area contributed by atoms with Gasteiger partial charge in [-0.3, -0.25) is 4.79 Å². The molecule has 2 nitrogen and oxygen atoms in total. The molecule has 1 fully saturated rings. The van der Waals surface area contributed by atoms with Crippen molar-refractivity contribution in [3.63, 3.8) is 0 Å². The van der Waals surface area contributed by atoms with Crippen molar-refractivity contribution in [3.8, 4) is 0 Å². The van der Waals surface area contributed by atoms with Crippen LogP contribution in [0.5, 0.6) is 0 Å². The molecule has 10 heavy (non-hydrogen) atoms. The molecule has 0 spiro atoms. The average Bonchev–Trinajstić information content (AvgIpc) is 2.16. The van der Waals surface area contributed by atoms with Crippen LogP contribution in [0.1, 0.15) is 13.8 Å². The van der Waals surface area contributed by atoms with Crippen molar-refractivity contribution in [2.75, 3.05) is 0 Å². The molecule has 58 valence electrons. The molecule has 0 aromatic carbocycles. The van der Waals surface area contributed by atoms with Gasteiger partial charge in [-0.05, 0) is 6.92 Å². The molecule has 0 bridgehead atoms. The van der Waals surface area contributed by atoms with Crippen LogP contribution in [0.15, 0.2) is 0 Å². The van der Waals surface area contributed by atoms with E-state index in [9.17, 15) is 4.79 Å². The Morgan fingerprint density at radius 2 is 1.90 bits per heavy atom. The number of alkyl halides is 2. The molecular weight excluding hydrogens is 175 g/mol. The highest BCUT2D eigenvalue weighted by Gasteiger charge is 2.75. The van der Waals surface area contributed by atoms with Crippen molar-refractivity contribution in [3.05, 3.63) is 0 Å². The second-order valence-corrected chi connectivity index (χ2v) is 4.24. The van der Waals surface area contributed by atoms with Gasteiger partial charge in [-0.25, -0.2) is 0 Å². The van der Waals surface area contributed by atoms with Crippen LogP contribution in [-0.4, -0.2) is 15.4 Å². The van der Waals surface area contributed by atoms with Crippen molar-refractivity contribution in [1.82, 2.24) is 0 Å². The van der Waals surface area contributed by atoms with E-state index in [1.807, 2.05) is 0 Å². The Labute approximate surface area is 69.1 Å². The summed E-state index contributed by atoms with van der Waals surface area (Å²) >= 11 is 11.4. The van der Waals surface area contributed by atoms with E-state index in [4.69, 9.17) is 28.3 Å². The molecule has 0 aromatic heterocycles. The van der Waals surface area contributed by atoms with E-state index < -0.39 is 15.7 Å².